The first-order valence-electron chi connectivity index (χ1n) is 7.30. The maximum atomic E-state index is 13.7. The Morgan fingerprint density at radius 1 is 1.25 bits per heavy atom. The van der Waals surface area contributed by atoms with Crippen LogP contribution in [0, 0.1) is 12.7 Å². The average Bonchev–Trinajstić information content (AvgIpc) is 2.91. The van der Waals surface area contributed by atoms with Gasteiger partial charge in [0, 0.05) is 18.4 Å². The average molecular weight is 273 g/mol. The third-order valence-electron chi connectivity index (χ3n) is 4.01. The fourth-order valence-corrected chi connectivity index (χ4v) is 2.78. The van der Waals surface area contributed by atoms with Crippen molar-refractivity contribution in [3.8, 4) is 5.69 Å². The molecule has 0 saturated heterocycles. The molecule has 0 bridgehead atoms. The molecule has 106 valence electrons. The summed E-state index contributed by atoms with van der Waals surface area (Å²) in [6, 6.07) is 5.77. The lowest BCUT2D eigenvalue weighted by molar-refractivity contribution is 0.460. The number of imidazole rings is 1. The Hall–Kier alpha value is -1.84. The molecule has 1 aromatic heterocycles. The van der Waals surface area contributed by atoms with E-state index in [1.54, 1.807) is 25.3 Å². The quantitative estimate of drug-likeness (QED) is 0.913. The molecule has 0 unspecified atom stereocenters. The van der Waals surface area contributed by atoms with E-state index in [1.165, 1.54) is 32.1 Å². The fraction of sp³-hybridized carbons (Fsp3) is 0.438. The predicted octanol–water partition coefficient (Wildman–Crippen LogP) is 4.06. The lowest BCUT2D eigenvalue weighted by Crippen LogP contribution is -2.24. The molecule has 1 aromatic carbocycles. The Morgan fingerprint density at radius 2 is 2.05 bits per heavy atom. The molecule has 1 aliphatic rings. The van der Waals surface area contributed by atoms with E-state index in [0.717, 1.165) is 11.6 Å². The van der Waals surface area contributed by atoms with Gasteiger partial charge >= 0.3 is 0 Å². The van der Waals surface area contributed by atoms with Crippen molar-refractivity contribution in [2.24, 2.45) is 0 Å². The lowest BCUT2D eigenvalue weighted by atomic mass is 9.96. The second-order valence-electron chi connectivity index (χ2n) is 5.53. The van der Waals surface area contributed by atoms with Crippen LogP contribution in [-0.2, 0) is 0 Å². The van der Waals surface area contributed by atoms with Crippen LogP contribution < -0.4 is 5.32 Å². The highest BCUT2D eigenvalue weighted by atomic mass is 19.1. The zero-order chi connectivity index (χ0) is 13.9. The van der Waals surface area contributed by atoms with Gasteiger partial charge in [-0.25, -0.2) is 9.37 Å². The van der Waals surface area contributed by atoms with E-state index in [0.29, 0.717) is 11.6 Å². The number of nitrogens with one attached hydrogen (secondary N) is 1. The number of aryl methyl sites for hydroxylation is 1. The van der Waals surface area contributed by atoms with E-state index in [4.69, 9.17) is 0 Å². The minimum absolute atomic E-state index is 0.181. The number of nitrogens with zero attached hydrogens (tertiary/aromatic N) is 2. The van der Waals surface area contributed by atoms with Crippen LogP contribution in [0.5, 0.6) is 0 Å². The molecule has 3 nitrogen and oxygen atoms in total. The van der Waals surface area contributed by atoms with Crippen molar-refractivity contribution >= 4 is 5.95 Å². The first-order chi connectivity index (χ1) is 9.74. The molecule has 2 aromatic rings. The first kappa shape index (κ1) is 13.2. The SMILES string of the molecule is Cc1ccc(-n2ccnc2NC2CCCCC2)cc1F. The second kappa shape index (κ2) is 5.65. The molecule has 1 heterocycles. The van der Waals surface area contributed by atoms with Gasteiger partial charge < -0.3 is 5.32 Å². The summed E-state index contributed by atoms with van der Waals surface area (Å²) < 4.78 is 15.6. The van der Waals surface area contributed by atoms with Gasteiger partial charge in [-0.3, -0.25) is 4.57 Å². The Labute approximate surface area is 118 Å². The van der Waals surface area contributed by atoms with Gasteiger partial charge in [0.2, 0.25) is 5.95 Å². The van der Waals surface area contributed by atoms with Crippen LogP contribution in [-0.4, -0.2) is 15.6 Å². The van der Waals surface area contributed by atoms with Gasteiger partial charge in [-0.1, -0.05) is 25.3 Å². The third kappa shape index (κ3) is 2.69. The highest BCUT2D eigenvalue weighted by molar-refractivity contribution is 5.43. The minimum Gasteiger partial charge on any atom is -0.353 e. The number of benzene rings is 1. The van der Waals surface area contributed by atoms with Gasteiger partial charge in [0.05, 0.1) is 5.69 Å². The summed E-state index contributed by atoms with van der Waals surface area (Å²) in [5.41, 5.74) is 1.47. The zero-order valence-corrected chi connectivity index (χ0v) is 11.8. The van der Waals surface area contributed by atoms with Crippen molar-refractivity contribution in [3.05, 3.63) is 42.0 Å². The largest absolute Gasteiger partial charge is 0.353 e. The number of hydrogen-bond donors (Lipinski definition) is 1. The molecule has 1 aliphatic carbocycles. The number of rotatable bonds is 3. The van der Waals surface area contributed by atoms with Crippen molar-refractivity contribution in [2.75, 3.05) is 5.32 Å². The van der Waals surface area contributed by atoms with Crippen molar-refractivity contribution in [1.29, 1.82) is 0 Å². The topological polar surface area (TPSA) is 29.9 Å². The molecule has 3 rings (SSSR count). The second-order valence-corrected chi connectivity index (χ2v) is 5.53. The van der Waals surface area contributed by atoms with Crippen molar-refractivity contribution < 1.29 is 4.39 Å². The van der Waals surface area contributed by atoms with Crippen LogP contribution >= 0.6 is 0 Å². The summed E-state index contributed by atoms with van der Waals surface area (Å²) >= 11 is 0. The smallest absolute Gasteiger partial charge is 0.207 e. The molecule has 4 heteroatoms. The molecule has 0 atom stereocenters. The van der Waals surface area contributed by atoms with Gasteiger partial charge in [0.1, 0.15) is 5.82 Å². The maximum Gasteiger partial charge on any atom is 0.207 e. The highest BCUT2D eigenvalue weighted by Crippen LogP contribution is 2.23. The number of anilines is 1. The summed E-state index contributed by atoms with van der Waals surface area (Å²) in [6.45, 7) is 1.77. The van der Waals surface area contributed by atoms with E-state index >= 15 is 0 Å². The lowest BCUT2D eigenvalue weighted by Gasteiger charge is -2.23. The molecular weight excluding hydrogens is 253 g/mol. The van der Waals surface area contributed by atoms with Crippen molar-refractivity contribution in [3.63, 3.8) is 0 Å². The number of hydrogen-bond acceptors (Lipinski definition) is 2. The zero-order valence-electron chi connectivity index (χ0n) is 11.8. The van der Waals surface area contributed by atoms with E-state index in [-0.39, 0.29) is 5.82 Å². The number of aromatic nitrogens is 2. The first-order valence-corrected chi connectivity index (χ1v) is 7.30. The van der Waals surface area contributed by atoms with E-state index in [1.807, 2.05) is 16.8 Å². The van der Waals surface area contributed by atoms with E-state index in [9.17, 15) is 4.39 Å². The van der Waals surface area contributed by atoms with Crippen LogP contribution in [0.4, 0.5) is 10.3 Å². The van der Waals surface area contributed by atoms with Gasteiger partial charge in [-0.05, 0) is 37.5 Å². The highest BCUT2D eigenvalue weighted by Gasteiger charge is 2.15. The molecule has 20 heavy (non-hydrogen) atoms. The molecule has 1 fully saturated rings. The monoisotopic (exact) mass is 273 g/mol. The Kier molecular flexibility index (Phi) is 3.72. The summed E-state index contributed by atoms with van der Waals surface area (Å²) in [5, 5.41) is 3.49. The van der Waals surface area contributed by atoms with Gasteiger partial charge in [0.25, 0.3) is 0 Å². The normalized spacial score (nSPS) is 16.3. The van der Waals surface area contributed by atoms with Gasteiger partial charge in [-0.15, -0.1) is 0 Å². The fourth-order valence-electron chi connectivity index (χ4n) is 2.78. The summed E-state index contributed by atoms with van der Waals surface area (Å²) in [6.07, 6.45) is 9.88. The van der Waals surface area contributed by atoms with E-state index < -0.39 is 0 Å². The molecule has 0 radical (unpaired) electrons. The molecule has 1 N–H and O–H groups in total. The summed E-state index contributed by atoms with van der Waals surface area (Å²) in [4.78, 5) is 4.37. The standard InChI is InChI=1S/C16H20FN3/c1-12-7-8-14(11-15(12)17)20-10-9-18-16(20)19-13-5-3-2-4-6-13/h7-11,13H,2-6H2,1H3,(H,18,19). The van der Waals surface area contributed by atoms with Gasteiger partial charge in [0.15, 0.2) is 0 Å². The Balaban J connectivity index is 1.83. The minimum atomic E-state index is -0.181. The predicted molar refractivity (Wildman–Crippen MR) is 78.8 cm³/mol. The van der Waals surface area contributed by atoms with Crippen LogP contribution in [0.1, 0.15) is 37.7 Å². The van der Waals surface area contributed by atoms with Crippen LogP contribution in [0.15, 0.2) is 30.6 Å². The number of halogens is 1. The van der Waals surface area contributed by atoms with Gasteiger partial charge in [-0.2, -0.15) is 0 Å². The molecule has 0 spiro atoms. The Bertz CT molecular complexity index is 585. The van der Waals surface area contributed by atoms with Crippen LogP contribution in [0.25, 0.3) is 5.69 Å². The molecule has 0 aliphatic heterocycles. The molecule has 1 saturated carbocycles. The van der Waals surface area contributed by atoms with E-state index in [2.05, 4.69) is 10.3 Å². The molecule has 0 amide bonds. The van der Waals surface area contributed by atoms with Crippen LogP contribution in [0.2, 0.25) is 0 Å². The third-order valence-corrected chi connectivity index (χ3v) is 4.01. The Morgan fingerprint density at radius 3 is 2.80 bits per heavy atom. The van der Waals surface area contributed by atoms with Crippen molar-refractivity contribution in [2.45, 2.75) is 45.1 Å². The van der Waals surface area contributed by atoms with Crippen LogP contribution in [0.3, 0.4) is 0 Å². The van der Waals surface area contributed by atoms with Crippen molar-refractivity contribution in [1.82, 2.24) is 9.55 Å². The maximum absolute atomic E-state index is 13.7. The summed E-state index contributed by atoms with van der Waals surface area (Å²) in [5.74, 6) is 0.625. The summed E-state index contributed by atoms with van der Waals surface area (Å²) in [7, 11) is 0. The molecular formula is C16H20FN3.